The number of esters is 1. The number of hydrogen-bond donors (Lipinski definition) is 2. The molecule has 3 aromatic heterocycles. The van der Waals surface area contributed by atoms with E-state index < -0.39 is 23.9 Å². The fourth-order valence-electron chi connectivity index (χ4n) is 5.40. The maximum atomic E-state index is 13.6. The second-order valence-corrected chi connectivity index (χ2v) is 12.8. The van der Waals surface area contributed by atoms with Crippen molar-refractivity contribution >= 4 is 29.2 Å². The van der Waals surface area contributed by atoms with Gasteiger partial charge in [-0.15, -0.1) is 11.3 Å². The van der Waals surface area contributed by atoms with Gasteiger partial charge in [0.2, 0.25) is 5.88 Å². The van der Waals surface area contributed by atoms with Gasteiger partial charge in [0.05, 0.1) is 5.56 Å². The molecule has 0 unspecified atom stereocenters. The van der Waals surface area contributed by atoms with E-state index in [1.54, 1.807) is 13.0 Å². The van der Waals surface area contributed by atoms with E-state index in [1.165, 1.54) is 18.5 Å². The summed E-state index contributed by atoms with van der Waals surface area (Å²) in [4.78, 5) is 47.2. The van der Waals surface area contributed by atoms with Crippen LogP contribution in [0.4, 0.5) is 23.8 Å². The van der Waals surface area contributed by atoms with Gasteiger partial charge in [0, 0.05) is 106 Å². The van der Waals surface area contributed by atoms with Gasteiger partial charge < -0.3 is 24.6 Å². The Morgan fingerprint density at radius 2 is 1.53 bits per heavy atom. The third-order valence-corrected chi connectivity index (χ3v) is 9.24. The predicted octanol–water partition coefficient (Wildman–Crippen LogP) is 3.46. The van der Waals surface area contributed by atoms with Gasteiger partial charge in [0.1, 0.15) is 24.0 Å². The fourth-order valence-corrected chi connectivity index (χ4v) is 6.26. The highest BCUT2D eigenvalue weighted by molar-refractivity contribution is 7.13. The van der Waals surface area contributed by atoms with Gasteiger partial charge >= 0.3 is 18.2 Å². The fraction of sp³-hybridized carbons (Fsp3) is 0.531. The Labute approximate surface area is 287 Å². The quantitative estimate of drug-likeness (QED) is 0.269. The number of hydrogen-bond acceptors (Lipinski definition) is 12. The highest BCUT2D eigenvalue weighted by Gasteiger charge is 2.34. The highest BCUT2D eigenvalue weighted by atomic mass is 32.1. The zero-order valence-electron chi connectivity index (χ0n) is 27.9. The molecule has 0 spiro atoms. The first-order valence-electron chi connectivity index (χ1n) is 16.2. The first-order valence-corrected chi connectivity index (χ1v) is 17.1. The molecule has 0 radical (unpaired) electrons. The summed E-state index contributed by atoms with van der Waals surface area (Å²) in [6.07, 6.45) is -1.88. The number of urea groups is 1. The van der Waals surface area contributed by atoms with Gasteiger partial charge in [-0.05, 0) is 33.2 Å². The molecule has 0 atom stereocenters. The molecule has 0 aliphatic carbocycles. The third-order valence-electron chi connectivity index (χ3n) is 8.36. The Bertz CT molecular complexity index is 1580. The van der Waals surface area contributed by atoms with Gasteiger partial charge in [-0.3, -0.25) is 15.1 Å². The van der Waals surface area contributed by atoms with Gasteiger partial charge in [-0.2, -0.15) is 13.2 Å². The molecule has 2 fully saturated rings. The van der Waals surface area contributed by atoms with E-state index >= 15 is 0 Å². The zero-order valence-corrected chi connectivity index (χ0v) is 28.7. The molecular weight excluding hydrogens is 663 g/mol. The molecule has 0 bridgehead atoms. The summed E-state index contributed by atoms with van der Waals surface area (Å²) in [5, 5.41) is 6.16. The van der Waals surface area contributed by atoms with Crippen LogP contribution in [0.1, 0.15) is 23.0 Å². The van der Waals surface area contributed by atoms with E-state index in [4.69, 9.17) is 9.47 Å². The van der Waals surface area contributed by atoms with Crippen LogP contribution < -0.4 is 15.4 Å². The smallest absolute Gasteiger partial charge is 0.434 e. The van der Waals surface area contributed by atoms with Crippen molar-refractivity contribution in [3.05, 3.63) is 41.2 Å². The standard InChI is InChI=1S/C32H42F3N9O4S/c1-4-36-31(46)40-27-18-24(29-39-26(21-49-29)32(33,34)35)25(20-37-27)23-17-22(30(45)48-16-14-44-11-7-42(3)8-12-44)19-38-28(23)47-15-13-43-9-5-41(2)6-10-43/h17-21H,4-16H2,1-3H3,(H2,36,37,40,46). The number of piperazine rings is 2. The maximum absolute atomic E-state index is 13.6. The van der Waals surface area contributed by atoms with Crippen molar-refractivity contribution in [2.24, 2.45) is 0 Å². The van der Waals surface area contributed by atoms with Crippen LogP contribution >= 0.6 is 11.3 Å². The number of likely N-dealkylation sites (N-methyl/N-ethyl adjacent to an activating group) is 2. The summed E-state index contributed by atoms with van der Waals surface area (Å²) in [5.41, 5.74) is -0.0200. The van der Waals surface area contributed by atoms with Gasteiger partial charge in [0.25, 0.3) is 0 Å². The van der Waals surface area contributed by atoms with Gasteiger partial charge in [-0.25, -0.2) is 24.5 Å². The molecule has 49 heavy (non-hydrogen) atoms. The lowest BCUT2D eigenvalue weighted by Crippen LogP contribution is -2.45. The second kappa shape index (κ2) is 16.7. The lowest BCUT2D eigenvalue weighted by molar-refractivity contribution is -0.140. The monoisotopic (exact) mass is 705 g/mol. The SMILES string of the molecule is CCNC(=O)Nc1cc(-c2nc(C(F)(F)F)cs2)c(-c2cc(C(=O)OCCN3CCN(C)CC3)cnc2OCCN2CCN(C)CC2)cn1. The van der Waals surface area contributed by atoms with Crippen LogP contribution in [0.5, 0.6) is 5.88 Å². The number of halogens is 3. The van der Waals surface area contributed by atoms with E-state index in [2.05, 4.69) is 59.3 Å². The minimum Gasteiger partial charge on any atom is -0.476 e. The average molecular weight is 706 g/mol. The highest BCUT2D eigenvalue weighted by Crippen LogP contribution is 2.41. The number of rotatable bonds is 12. The molecule has 3 aromatic rings. The van der Waals surface area contributed by atoms with Crippen LogP contribution in [-0.4, -0.2) is 146 Å². The molecule has 5 rings (SSSR count). The number of aromatic nitrogens is 3. The number of anilines is 1. The van der Waals surface area contributed by atoms with Gasteiger partial charge in [-0.1, -0.05) is 0 Å². The summed E-state index contributed by atoms with van der Waals surface area (Å²) in [6, 6.07) is 2.46. The number of ether oxygens (including phenoxy) is 2. The summed E-state index contributed by atoms with van der Waals surface area (Å²) >= 11 is 0.796. The Kier molecular flexibility index (Phi) is 12.4. The van der Waals surface area contributed by atoms with E-state index in [9.17, 15) is 22.8 Å². The number of thiazole rings is 1. The van der Waals surface area contributed by atoms with Gasteiger partial charge in [0.15, 0.2) is 5.69 Å². The van der Waals surface area contributed by atoms with Crippen LogP contribution in [0.3, 0.4) is 0 Å². The molecule has 2 saturated heterocycles. The van der Waals surface area contributed by atoms with Crippen LogP contribution in [0, 0.1) is 0 Å². The summed E-state index contributed by atoms with van der Waals surface area (Å²) in [7, 11) is 4.14. The first-order chi connectivity index (χ1) is 23.5. The van der Waals surface area contributed by atoms with E-state index in [0.717, 1.165) is 69.1 Å². The summed E-state index contributed by atoms with van der Waals surface area (Å²) in [5.74, 6) is -0.328. The van der Waals surface area contributed by atoms with Crippen molar-refractivity contribution < 1.29 is 32.2 Å². The number of alkyl halides is 3. The van der Waals surface area contributed by atoms with Crippen molar-refractivity contribution in [3.63, 3.8) is 0 Å². The Balaban J connectivity index is 1.45. The zero-order chi connectivity index (χ0) is 35.0. The number of nitrogens with zero attached hydrogens (tertiary/aromatic N) is 7. The predicted molar refractivity (Wildman–Crippen MR) is 180 cm³/mol. The molecule has 2 amide bonds. The van der Waals surface area contributed by atoms with E-state index in [-0.39, 0.29) is 41.0 Å². The Morgan fingerprint density at radius 1 is 0.878 bits per heavy atom. The number of nitrogens with one attached hydrogen (secondary N) is 2. The Morgan fingerprint density at radius 3 is 2.14 bits per heavy atom. The summed E-state index contributed by atoms with van der Waals surface area (Å²) in [6.45, 7) is 11.1. The molecule has 0 aromatic carbocycles. The van der Waals surface area contributed by atoms with Crippen molar-refractivity contribution in [2.45, 2.75) is 13.1 Å². The molecule has 2 N–H and O–H groups in total. The molecule has 2 aliphatic rings. The maximum Gasteiger partial charge on any atom is 0.434 e. The van der Waals surface area contributed by atoms with Crippen LogP contribution in [0.15, 0.2) is 29.9 Å². The topological polar surface area (TPSA) is 128 Å². The lowest BCUT2D eigenvalue weighted by atomic mass is 10.0. The van der Waals surface area contributed by atoms with Crippen LogP contribution in [0.2, 0.25) is 0 Å². The third kappa shape index (κ3) is 10.1. The van der Waals surface area contributed by atoms with Crippen molar-refractivity contribution in [2.75, 3.05) is 105 Å². The van der Waals surface area contributed by atoms with Crippen LogP contribution in [-0.2, 0) is 10.9 Å². The number of amides is 2. The molecular formula is C32H42F3N9O4S. The molecule has 266 valence electrons. The van der Waals surface area contributed by atoms with Crippen molar-refractivity contribution in [3.8, 4) is 27.6 Å². The number of carbonyl (C=O) groups is 2. The number of carbonyl (C=O) groups excluding carboxylic acids is 2. The van der Waals surface area contributed by atoms with Crippen molar-refractivity contribution in [1.82, 2.24) is 39.9 Å². The molecule has 0 saturated carbocycles. The first kappa shape index (κ1) is 36.4. The van der Waals surface area contributed by atoms with Crippen LogP contribution in [0.25, 0.3) is 21.7 Å². The van der Waals surface area contributed by atoms with E-state index in [0.29, 0.717) is 30.8 Å². The van der Waals surface area contributed by atoms with Crippen molar-refractivity contribution in [1.29, 1.82) is 0 Å². The Hall–Kier alpha value is -3.90. The summed E-state index contributed by atoms with van der Waals surface area (Å²) < 4.78 is 52.6. The molecule has 5 heterocycles. The molecule has 2 aliphatic heterocycles. The second-order valence-electron chi connectivity index (χ2n) is 12.0. The minimum absolute atomic E-state index is 0.0345. The average Bonchev–Trinajstić information content (AvgIpc) is 3.58. The number of pyridine rings is 2. The van der Waals surface area contributed by atoms with E-state index in [1.807, 2.05) is 0 Å². The minimum atomic E-state index is -4.66. The lowest BCUT2D eigenvalue weighted by Gasteiger charge is -2.32. The molecule has 17 heteroatoms. The normalized spacial score (nSPS) is 16.8. The largest absolute Gasteiger partial charge is 0.476 e. The molecule has 13 nitrogen and oxygen atoms in total.